The topological polar surface area (TPSA) is 65.1 Å². The van der Waals surface area contributed by atoms with Crippen molar-refractivity contribution in [2.75, 3.05) is 24.3 Å². The van der Waals surface area contributed by atoms with E-state index in [1.807, 2.05) is 0 Å². The van der Waals surface area contributed by atoms with Gasteiger partial charge in [0, 0.05) is 38.3 Å². The van der Waals surface area contributed by atoms with Gasteiger partial charge in [-0.3, -0.25) is 0 Å². The predicted octanol–water partition coefficient (Wildman–Crippen LogP) is 4.12. The summed E-state index contributed by atoms with van der Waals surface area (Å²) >= 11 is 5.53. The van der Waals surface area contributed by atoms with Gasteiger partial charge in [-0.05, 0) is 76.1 Å². The van der Waals surface area contributed by atoms with Crippen LogP contribution in [0.25, 0.3) is 0 Å². The zero-order chi connectivity index (χ0) is 22.5. The normalized spacial score (nSPS) is 20.2. The molecule has 4 rings (SSSR count). The van der Waals surface area contributed by atoms with Crippen LogP contribution in [0.1, 0.15) is 60.9 Å². The number of nitrogens with one attached hydrogen (secondary N) is 3. The zero-order valence-electron chi connectivity index (χ0n) is 19.6. The van der Waals surface area contributed by atoms with Gasteiger partial charge in [0.1, 0.15) is 5.82 Å². The van der Waals surface area contributed by atoms with E-state index in [4.69, 9.17) is 22.2 Å². The quantitative estimate of drug-likeness (QED) is 0.570. The summed E-state index contributed by atoms with van der Waals surface area (Å²) in [6, 6.07) is 9.36. The molecular formula is C25H36N6S. The summed E-state index contributed by atoms with van der Waals surface area (Å²) in [6.07, 6.45) is 9.00. The highest BCUT2D eigenvalue weighted by Gasteiger charge is 2.24. The van der Waals surface area contributed by atoms with Crippen LogP contribution in [-0.4, -0.2) is 41.3 Å². The van der Waals surface area contributed by atoms with Crippen molar-refractivity contribution in [2.24, 2.45) is 0 Å². The zero-order valence-corrected chi connectivity index (χ0v) is 20.4. The van der Waals surface area contributed by atoms with Gasteiger partial charge in [-0.25, -0.2) is 4.98 Å². The number of nitrogens with zero attached hydrogens (tertiary/aromatic N) is 3. The van der Waals surface area contributed by atoms with E-state index >= 15 is 0 Å². The Morgan fingerprint density at radius 3 is 2.56 bits per heavy atom. The number of hydrogen-bond donors (Lipinski definition) is 3. The molecule has 1 aromatic heterocycles. The Bertz CT molecular complexity index is 936. The van der Waals surface area contributed by atoms with Crippen LogP contribution in [-0.2, 0) is 19.4 Å². The van der Waals surface area contributed by atoms with Gasteiger partial charge in [0.15, 0.2) is 5.11 Å². The van der Waals surface area contributed by atoms with E-state index in [9.17, 15) is 0 Å². The van der Waals surface area contributed by atoms with Crippen LogP contribution >= 0.6 is 12.2 Å². The number of aromatic nitrogens is 2. The number of thiocarbonyl (C=S) groups is 1. The third kappa shape index (κ3) is 5.88. The number of fused-ring (bicyclic) bond motifs is 1. The first-order chi connectivity index (χ1) is 15.5. The second-order valence-corrected chi connectivity index (χ2v) is 9.81. The number of rotatable bonds is 6. The molecule has 1 saturated carbocycles. The molecule has 2 aromatic rings. The lowest BCUT2D eigenvalue weighted by atomic mass is 9.91. The average Bonchev–Trinajstić information content (AvgIpc) is 2.78. The van der Waals surface area contributed by atoms with Crippen molar-refractivity contribution < 1.29 is 0 Å². The number of aryl methyl sites for hydroxylation is 2. The Morgan fingerprint density at radius 1 is 1.06 bits per heavy atom. The Balaban J connectivity index is 1.26. The maximum absolute atomic E-state index is 5.53. The molecule has 0 atom stereocenters. The molecule has 6 nitrogen and oxygen atoms in total. The van der Waals surface area contributed by atoms with Gasteiger partial charge in [-0.2, -0.15) is 4.98 Å². The lowest BCUT2D eigenvalue weighted by molar-refractivity contribution is 0.385. The fraction of sp³-hybridized carbons (Fsp3) is 0.560. The molecule has 1 fully saturated rings. The first-order valence-electron chi connectivity index (χ1n) is 11.9. The maximum Gasteiger partial charge on any atom is 0.225 e. The summed E-state index contributed by atoms with van der Waals surface area (Å²) in [5.41, 5.74) is 5.10. The standard InChI is InChI=1S/C25H36N6S/c1-17-7-6-8-18(15-17)16-26-25(32)28-20-13-11-19(12-14-20)27-24-29-22-10-5-4-9-21(22)23(30-24)31(2)3/h6-8,15,19-20H,4-5,9-14,16H2,1-3H3,(H2,26,28,32)(H,27,29,30). The third-order valence-electron chi connectivity index (χ3n) is 6.52. The van der Waals surface area contributed by atoms with Crippen molar-refractivity contribution >= 4 is 29.1 Å². The average molecular weight is 453 g/mol. The Labute approximate surface area is 197 Å². The minimum Gasteiger partial charge on any atom is -0.362 e. The van der Waals surface area contributed by atoms with E-state index in [-0.39, 0.29) is 0 Å². The van der Waals surface area contributed by atoms with E-state index in [1.165, 1.54) is 35.2 Å². The van der Waals surface area contributed by atoms with Gasteiger partial charge in [0.05, 0.1) is 5.69 Å². The van der Waals surface area contributed by atoms with Crippen LogP contribution in [0.2, 0.25) is 0 Å². The first-order valence-corrected chi connectivity index (χ1v) is 12.3. The molecule has 0 aliphatic heterocycles. The van der Waals surface area contributed by atoms with Crippen molar-refractivity contribution in [3.8, 4) is 0 Å². The molecule has 172 valence electrons. The smallest absolute Gasteiger partial charge is 0.225 e. The van der Waals surface area contributed by atoms with Gasteiger partial charge in [0.25, 0.3) is 0 Å². The highest BCUT2D eigenvalue weighted by Crippen LogP contribution is 2.29. The van der Waals surface area contributed by atoms with Crippen LogP contribution in [0, 0.1) is 6.92 Å². The fourth-order valence-electron chi connectivity index (χ4n) is 4.81. The van der Waals surface area contributed by atoms with Crippen molar-refractivity contribution in [3.63, 3.8) is 0 Å². The largest absolute Gasteiger partial charge is 0.362 e. The molecule has 2 aliphatic carbocycles. The van der Waals surface area contributed by atoms with Crippen molar-refractivity contribution in [1.82, 2.24) is 20.6 Å². The van der Waals surface area contributed by atoms with Gasteiger partial charge < -0.3 is 20.9 Å². The summed E-state index contributed by atoms with van der Waals surface area (Å²) in [5, 5.41) is 11.2. The van der Waals surface area contributed by atoms with E-state index < -0.39 is 0 Å². The highest BCUT2D eigenvalue weighted by atomic mass is 32.1. The van der Waals surface area contributed by atoms with Crippen molar-refractivity contribution in [3.05, 3.63) is 46.6 Å². The molecule has 0 saturated heterocycles. The lowest BCUT2D eigenvalue weighted by Gasteiger charge is -2.31. The molecule has 1 aromatic carbocycles. The van der Waals surface area contributed by atoms with Gasteiger partial charge >= 0.3 is 0 Å². The van der Waals surface area contributed by atoms with Gasteiger partial charge in [-0.1, -0.05) is 29.8 Å². The van der Waals surface area contributed by atoms with Crippen LogP contribution in [0.5, 0.6) is 0 Å². The van der Waals surface area contributed by atoms with E-state index in [0.29, 0.717) is 12.1 Å². The fourth-order valence-corrected chi connectivity index (χ4v) is 5.05. The monoisotopic (exact) mass is 452 g/mol. The van der Waals surface area contributed by atoms with Crippen LogP contribution in [0.15, 0.2) is 24.3 Å². The van der Waals surface area contributed by atoms with Crippen LogP contribution < -0.4 is 20.9 Å². The van der Waals surface area contributed by atoms with Gasteiger partial charge in [0.2, 0.25) is 5.95 Å². The highest BCUT2D eigenvalue weighted by molar-refractivity contribution is 7.80. The Hall–Kier alpha value is -2.41. The molecular weight excluding hydrogens is 416 g/mol. The maximum atomic E-state index is 5.53. The minimum atomic E-state index is 0.415. The summed E-state index contributed by atoms with van der Waals surface area (Å²) < 4.78 is 0. The molecule has 0 bridgehead atoms. The molecule has 1 heterocycles. The number of benzene rings is 1. The molecule has 2 aliphatic rings. The van der Waals surface area contributed by atoms with E-state index in [2.05, 4.69) is 66.1 Å². The SMILES string of the molecule is Cc1cccc(CNC(=S)NC2CCC(Nc3nc4c(c(N(C)C)n3)CCCC4)CC2)c1. The molecule has 0 amide bonds. The Kier molecular flexibility index (Phi) is 7.45. The first kappa shape index (κ1) is 22.8. The lowest BCUT2D eigenvalue weighted by Crippen LogP contribution is -2.44. The molecule has 7 heteroatoms. The number of anilines is 2. The molecule has 3 N–H and O–H groups in total. The summed E-state index contributed by atoms with van der Waals surface area (Å²) in [5.74, 6) is 1.87. The molecule has 32 heavy (non-hydrogen) atoms. The number of hydrogen-bond acceptors (Lipinski definition) is 5. The summed E-state index contributed by atoms with van der Waals surface area (Å²) in [7, 11) is 4.15. The molecule has 0 unspecified atom stereocenters. The second kappa shape index (κ2) is 10.5. The minimum absolute atomic E-state index is 0.415. The molecule has 0 radical (unpaired) electrons. The van der Waals surface area contributed by atoms with E-state index in [0.717, 1.165) is 61.9 Å². The van der Waals surface area contributed by atoms with Gasteiger partial charge in [-0.15, -0.1) is 0 Å². The second-order valence-electron chi connectivity index (χ2n) is 9.41. The van der Waals surface area contributed by atoms with Crippen LogP contribution in [0.4, 0.5) is 11.8 Å². The Morgan fingerprint density at radius 2 is 1.81 bits per heavy atom. The van der Waals surface area contributed by atoms with Crippen molar-refractivity contribution in [1.29, 1.82) is 0 Å². The predicted molar refractivity (Wildman–Crippen MR) is 136 cm³/mol. The van der Waals surface area contributed by atoms with Crippen molar-refractivity contribution in [2.45, 2.75) is 76.9 Å². The summed E-state index contributed by atoms with van der Waals surface area (Å²) in [6.45, 7) is 2.87. The molecule has 0 spiro atoms. The summed E-state index contributed by atoms with van der Waals surface area (Å²) in [4.78, 5) is 11.9. The third-order valence-corrected chi connectivity index (χ3v) is 6.78. The van der Waals surface area contributed by atoms with Crippen LogP contribution in [0.3, 0.4) is 0 Å². The van der Waals surface area contributed by atoms with E-state index in [1.54, 1.807) is 0 Å².